The Morgan fingerprint density at radius 2 is 1.77 bits per heavy atom. The summed E-state index contributed by atoms with van der Waals surface area (Å²) in [7, 11) is 0. The molecule has 14 heteroatoms. The fourth-order valence-electron chi connectivity index (χ4n) is 6.19. The molecule has 1 atom stereocenters. The van der Waals surface area contributed by atoms with Crippen LogP contribution in [0.4, 0.5) is 30.6 Å². The number of nitrogens with one attached hydrogen (secondary N) is 2. The van der Waals surface area contributed by atoms with Gasteiger partial charge >= 0.3 is 6.09 Å². The zero-order valence-electron chi connectivity index (χ0n) is 27.4. The molecule has 1 aliphatic rings. The van der Waals surface area contributed by atoms with Crippen molar-refractivity contribution >= 4 is 57.3 Å². The first-order valence-corrected chi connectivity index (χ1v) is 17.1. The van der Waals surface area contributed by atoms with E-state index in [1.165, 1.54) is 36.5 Å². The maximum absolute atomic E-state index is 14.6. The number of rotatable bonds is 9. The molecule has 1 fully saturated rings. The van der Waals surface area contributed by atoms with Crippen LogP contribution in [0.5, 0.6) is 0 Å². The highest BCUT2D eigenvalue weighted by molar-refractivity contribution is 6.36. The molecular weight excluding hydrogens is 709 g/mol. The maximum atomic E-state index is 14.6. The number of halogens is 4. The van der Waals surface area contributed by atoms with Gasteiger partial charge in [-0.05, 0) is 66.4 Å². The minimum atomic E-state index is -0.662. The van der Waals surface area contributed by atoms with E-state index in [1.807, 2.05) is 36.5 Å². The Balaban J connectivity index is 1.14. The third kappa shape index (κ3) is 7.61. The monoisotopic (exact) mass is 738 g/mol. The van der Waals surface area contributed by atoms with Crippen molar-refractivity contribution in [3.63, 3.8) is 0 Å². The van der Waals surface area contributed by atoms with Gasteiger partial charge in [-0.2, -0.15) is 5.26 Å². The molecule has 3 heterocycles. The molecule has 1 unspecified atom stereocenters. The number of likely N-dealkylation sites (tertiary alicyclic amines) is 1. The molecular formula is C38H30Cl2F2N8O2. The number of hydrogen-bond acceptors (Lipinski definition) is 8. The molecule has 52 heavy (non-hydrogen) atoms. The van der Waals surface area contributed by atoms with Crippen molar-refractivity contribution in [2.45, 2.75) is 31.5 Å². The van der Waals surface area contributed by atoms with E-state index in [0.29, 0.717) is 70.2 Å². The van der Waals surface area contributed by atoms with Gasteiger partial charge in [0.1, 0.15) is 30.0 Å². The van der Waals surface area contributed by atoms with Gasteiger partial charge in [0, 0.05) is 36.0 Å². The summed E-state index contributed by atoms with van der Waals surface area (Å²) in [6, 6.07) is 24.8. The summed E-state index contributed by atoms with van der Waals surface area (Å²) >= 11 is 12.8. The lowest BCUT2D eigenvalue weighted by Gasteiger charge is -2.31. The Hall–Kier alpha value is -5.77. The van der Waals surface area contributed by atoms with E-state index >= 15 is 0 Å². The molecule has 7 rings (SSSR count). The van der Waals surface area contributed by atoms with Gasteiger partial charge in [-0.1, -0.05) is 70.9 Å². The normalized spacial score (nSPS) is 13.8. The largest absolute Gasteiger partial charge is 0.445 e. The number of carbonyl (C=O) groups excluding carboxylic acids is 1. The number of carbonyl (C=O) groups is 1. The first kappa shape index (κ1) is 34.7. The first-order valence-electron chi connectivity index (χ1n) is 16.4. The summed E-state index contributed by atoms with van der Waals surface area (Å²) in [4.78, 5) is 18.8. The second-order valence-electron chi connectivity index (χ2n) is 12.3. The summed E-state index contributed by atoms with van der Waals surface area (Å²) in [6.45, 7) is 1.20. The van der Waals surface area contributed by atoms with Crippen molar-refractivity contribution in [1.29, 1.82) is 5.26 Å². The SMILES string of the molecule is N#Cc1cnc2c(Cl)cc(NC(c3cccc(F)c3)c3cn(C4CCN(C(=O)OCc5ccccc5)CC4)nn3)cc2c1Nc1ccc(F)c(Cl)c1. The van der Waals surface area contributed by atoms with Gasteiger partial charge in [-0.15, -0.1) is 5.10 Å². The van der Waals surface area contributed by atoms with Gasteiger partial charge in [-0.25, -0.2) is 18.3 Å². The molecule has 1 amide bonds. The van der Waals surface area contributed by atoms with Crippen molar-refractivity contribution in [2.24, 2.45) is 0 Å². The summed E-state index contributed by atoms with van der Waals surface area (Å²) in [5.74, 6) is -1.00. The van der Waals surface area contributed by atoms with E-state index in [2.05, 4.69) is 32.0 Å². The van der Waals surface area contributed by atoms with E-state index in [1.54, 1.807) is 33.8 Å². The summed E-state index contributed by atoms with van der Waals surface area (Å²) in [5.41, 5.74) is 4.05. The number of aromatic nitrogens is 4. The lowest BCUT2D eigenvalue weighted by Crippen LogP contribution is -2.39. The molecule has 1 aliphatic heterocycles. The van der Waals surface area contributed by atoms with E-state index in [4.69, 9.17) is 27.9 Å². The van der Waals surface area contributed by atoms with E-state index in [-0.39, 0.29) is 29.3 Å². The van der Waals surface area contributed by atoms with Crippen LogP contribution in [-0.4, -0.2) is 44.1 Å². The van der Waals surface area contributed by atoms with Crippen LogP contribution in [0, 0.1) is 23.0 Å². The molecule has 6 aromatic rings. The lowest BCUT2D eigenvalue weighted by molar-refractivity contribution is 0.0820. The summed E-state index contributed by atoms with van der Waals surface area (Å²) < 4.78 is 35.8. The van der Waals surface area contributed by atoms with Crippen LogP contribution in [0.2, 0.25) is 10.0 Å². The average Bonchev–Trinajstić information content (AvgIpc) is 3.65. The number of ether oxygens (including phenoxy) is 1. The summed E-state index contributed by atoms with van der Waals surface area (Å²) in [5, 5.41) is 26.2. The third-order valence-corrected chi connectivity index (χ3v) is 9.43. The van der Waals surface area contributed by atoms with Crippen LogP contribution >= 0.6 is 23.2 Å². The zero-order chi connectivity index (χ0) is 36.2. The average molecular weight is 740 g/mol. The molecule has 4 aromatic carbocycles. The Morgan fingerprint density at radius 3 is 2.52 bits per heavy atom. The number of fused-ring (bicyclic) bond motifs is 1. The highest BCUT2D eigenvalue weighted by atomic mass is 35.5. The predicted octanol–water partition coefficient (Wildman–Crippen LogP) is 9.20. The molecule has 0 aliphatic carbocycles. The van der Waals surface area contributed by atoms with Crippen molar-refractivity contribution in [2.75, 3.05) is 23.7 Å². The number of amides is 1. The molecule has 2 aromatic heterocycles. The maximum Gasteiger partial charge on any atom is 0.410 e. The minimum absolute atomic E-state index is 0.0215. The Bertz CT molecular complexity index is 2290. The zero-order valence-corrected chi connectivity index (χ0v) is 29.0. The molecule has 1 saturated heterocycles. The van der Waals surface area contributed by atoms with E-state index in [0.717, 1.165) is 5.56 Å². The summed E-state index contributed by atoms with van der Waals surface area (Å²) in [6.07, 6.45) is 4.15. The fraction of sp³-hybridized carbons (Fsp3) is 0.184. The van der Waals surface area contributed by atoms with Gasteiger partial charge in [0.25, 0.3) is 0 Å². The first-order chi connectivity index (χ1) is 25.2. The van der Waals surface area contributed by atoms with Crippen molar-refractivity contribution in [1.82, 2.24) is 24.9 Å². The van der Waals surface area contributed by atoms with Crippen LogP contribution in [0.15, 0.2) is 97.3 Å². The molecule has 10 nitrogen and oxygen atoms in total. The van der Waals surface area contributed by atoms with Crippen molar-refractivity contribution in [3.05, 3.63) is 141 Å². The van der Waals surface area contributed by atoms with Crippen LogP contribution in [0.1, 0.15) is 47.3 Å². The van der Waals surface area contributed by atoms with Gasteiger partial charge in [-0.3, -0.25) is 4.98 Å². The fourth-order valence-corrected chi connectivity index (χ4v) is 6.63. The van der Waals surface area contributed by atoms with Crippen molar-refractivity contribution in [3.8, 4) is 6.07 Å². The number of anilines is 3. The van der Waals surface area contributed by atoms with Crippen LogP contribution in [0.25, 0.3) is 10.9 Å². The topological polar surface area (TPSA) is 121 Å². The second-order valence-corrected chi connectivity index (χ2v) is 13.1. The van der Waals surface area contributed by atoms with Crippen molar-refractivity contribution < 1.29 is 18.3 Å². The highest BCUT2D eigenvalue weighted by Crippen LogP contribution is 2.37. The van der Waals surface area contributed by atoms with Gasteiger partial charge in [0.15, 0.2) is 0 Å². The molecule has 0 spiro atoms. The van der Waals surface area contributed by atoms with Gasteiger partial charge in [0.05, 0.1) is 45.1 Å². The number of piperidine rings is 1. The lowest BCUT2D eigenvalue weighted by atomic mass is 10.0. The Morgan fingerprint density at radius 1 is 0.981 bits per heavy atom. The Kier molecular flexibility index (Phi) is 10.2. The van der Waals surface area contributed by atoms with Gasteiger partial charge < -0.3 is 20.3 Å². The molecule has 0 saturated carbocycles. The van der Waals surface area contributed by atoms with Gasteiger partial charge in [0.2, 0.25) is 0 Å². The predicted molar refractivity (Wildman–Crippen MR) is 195 cm³/mol. The van der Waals surface area contributed by atoms with E-state index < -0.39 is 17.7 Å². The third-order valence-electron chi connectivity index (χ3n) is 8.85. The Labute approximate surface area is 307 Å². The quantitative estimate of drug-likeness (QED) is 0.151. The molecule has 262 valence electrons. The van der Waals surface area contributed by atoms with Crippen LogP contribution in [-0.2, 0) is 11.3 Å². The highest BCUT2D eigenvalue weighted by Gasteiger charge is 2.27. The number of hydrogen-bond donors (Lipinski definition) is 2. The number of nitrogens with zero attached hydrogens (tertiary/aromatic N) is 6. The minimum Gasteiger partial charge on any atom is -0.445 e. The van der Waals surface area contributed by atoms with E-state index in [9.17, 15) is 18.8 Å². The molecule has 2 N–H and O–H groups in total. The van der Waals surface area contributed by atoms with Crippen LogP contribution in [0.3, 0.4) is 0 Å². The molecule has 0 radical (unpaired) electrons. The second kappa shape index (κ2) is 15.2. The smallest absolute Gasteiger partial charge is 0.410 e. The number of nitriles is 1. The molecule has 0 bridgehead atoms. The number of pyridine rings is 1. The van der Waals surface area contributed by atoms with Crippen LogP contribution < -0.4 is 10.6 Å². The number of benzene rings is 4. The standard InChI is InChI=1S/C38H30Cl2F2N8O2/c39-31-17-27(9-10-33(31)42)45-35-25(19-43)20-44-37-30(35)16-28(18-32(37)40)46-36(24-7-4-8-26(41)15-24)34-21-50(48-47-34)29-11-13-49(14-12-29)38(51)52-22-23-5-2-1-3-6-23/h1-10,15-18,20-21,29,36,46H,11-14,22H2,(H,44,45).